The topological polar surface area (TPSA) is 176 Å². The number of hydrogen-bond acceptors (Lipinski definition) is 12. The normalized spacial score (nSPS) is 12.6. The summed E-state index contributed by atoms with van der Waals surface area (Å²) in [5.74, 6) is -0.400. The molecule has 0 aliphatic heterocycles. The van der Waals surface area contributed by atoms with Crippen LogP contribution in [0.1, 0.15) is 32.6 Å². The first-order valence-electron chi connectivity index (χ1n) is 9.90. The molecule has 35 heavy (non-hydrogen) atoms. The Labute approximate surface area is 205 Å². The van der Waals surface area contributed by atoms with E-state index >= 15 is 0 Å². The lowest BCUT2D eigenvalue weighted by Gasteiger charge is -2.07. The Bertz CT molecular complexity index is 1780. The van der Waals surface area contributed by atoms with Gasteiger partial charge < -0.3 is 9.52 Å². The van der Waals surface area contributed by atoms with Crippen molar-refractivity contribution in [3.63, 3.8) is 0 Å². The van der Waals surface area contributed by atoms with Gasteiger partial charge in [-0.3, -0.25) is 9.78 Å². The van der Waals surface area contributed by atoms with E-state index in [0.717, 1.165) is 33.4 Å². The van der Waals surface area contributed by atoms with Gasteiger partial charge in [0.05, 0.1) is 21.5 Å². The number of nitrogens with zero attached hydrogens (tertiary/aromatic N) is 5. The molecule has 2 N–H and O–H groups in total. The molecule has 0 amide bonds. The molecule has 0 spiro atoms. The Hall–Kier alpha value is -3.93. The fourth-order valence-corrected chi connectivity index (χ4v) is 6.68. The van der Waals surface area contributed by atoms with E-state index in [4.69, 9.17) is 9.68 Å². The molecule has 0 aliphatic rings. The molecule has 5 rings (SSSR count). The average Bonchev–Trinajstić information content (AvgIpc) is 3.51. The quantitative estimate of drug-likeness (QED) is 0.334. The van der Waals surface area contributed by atoms with Crippen molar-refractivity contribution in [3.8, 4) is 23.1 Å². The maximum atomic E-state index is 12.7. The van der Waals surface area contributed by atoms with E-state index in [9.17, 15) is 18.3 Å². The van der Waals surface area contributed by atoms with Crippen molar-refractivity contribution < 1.29 is 17.9 Å². The number of nitriles is 1. The second-order valence-corrected chi connectivity index (χ2v) is 11.7. The molecule has 5 aromatic rings. The Balaban J connectivity index is 1.51. The van der Waals surface area contributed by atoms with Gasteiger partial charge in [-0.05, 0) is 35.4 Å². The standard InChI is InChI=1S/C21H14N6O5S3/c1-35(30,31)17(19-27-26-16(32-19)8-15-18(28)25-21(29)34-15)20-24-13-3-2-10(7-14(13)33-20)11-4-5-23-12(6-11)9-22/h2-7,17,28H,8H2,1H3,(H,25,29). The molecular formula is C21H14N6O5S3. The number of benzene rings is 1. The first kappa shape index (κ1) is 22.8. The van der Waals surface area contributed by atoms with Crippen LogP contribution in [-0.2, 0) is 16.3 Å². The lowest BCUT2D eigenvalue weighted by Crippen LogP contribution is -2.13. The van der Waals surface area contributed by atoms with Gasteiger partial charge >= 0.3 is 4.87 Å². The van der Waals surface area contributed by atoms with Crippen LogP contribution in [0, 0.1) is 11.3 Å². The summed E-state index contributed by atoms with van der Waals surface area (Å²) in [5.41, 5.74) is 2.51. The first-order chi connectivity index (χ1) is 16.7. The highest BCUT2D eigenvalue weighted by molar-refractivity contribution is 7.91. The summed E-state index contributed by atoms with van der Waals surface area (Å²) in [7, 11) is -3.75. The Kier molecular flexibility index (Phi) is 5.67. The van der Waals surface area contributed by atoms with Crippen LogP contribution in [0.2, 0.25) is 0 Å². The number of thiazole rings is 2. The summed E-state index contributed by atoms with van der Waals surface area (Å²) in [5, 5.41) is 25.7. The smallest absolute Gasteiger partial charge is 0.307 e. The average molecular weight is 527 g/mol. The predicted octanol–water partition coefficient (Wildman–Crippen LogP) is 2.79. The third kappa shape index (κ3) is 4.56. The van der Waals surface area contributed by atoms with E-state index < -0.39 is 20.0 Å². The van der Waals surface area contributed by atoms with Crippen LogP contribution >= 0.6 is 22.7 Å². The van der Waals surface area contributed by atoms with Crippen LogP contribution in [0.25, 0.3) is 21.3 Å². The Morgan fingerprint density at radius 3 is 2.71 bits per heavy atom. The highest BCUT2D eigenvalue weighted by atomic mass is 32.2. The number of aromatic nitrogens is 5. The molecule has 0 bridgehead atoms. The van der Waals surface area contributed by atoms with Gasteiger partial charge in [-0.1, -0.05) is 17.4 Å². The second-order valence-electron chi connectivity index (χ2n) is 7.48. The van der Waals surface area contributed by atoms with Crippen molar-refractivity contribution >= 4 is 42.7 Å². The van der Waals surface area contributed by atoms with E-state index in [-0.39, 0.29) is 34.8 Å². The Morgan fingerprint density at radius 1 is 1.20 bits per heavy atom. The van der Waals surface area contributed by atoms with Crippen molar-refractivity contribution in [2.75, 3.05) is 6.26 Å². The maximum Gasteiger partial charge on any atom is 0.307 e. The summed E-state index contributed by atoms with van der Waals surface area (Å²) in [6, 6.07) is 10.9. The van der Waals surface area contributed by atoms with Crippen LogP contribution in [0.15, 0.2) is 45.7 Å². The monoisotopic (exact) mass is 526 g/mol. The molecular weight excluding hydrogens is 512 g/mol. The number of hydrogen-bond donors (Lipinski definition) is 2. The van der Waals surface area contributed by atoms with Gasteiger partial charge in [0.25, 0.3) is 0 Å². The fraction of sp³-hybridized carbons (Fsp3) is 0.143. The lowest BCUT2D eigenvalue weighted by molar-refractivity contribution is 0.438. The molecule has 0 saturated heterocycles. The zero-order valence-corrected chi connectivity index (χ0v) is 20.2. The molecule has 11 nitrogen and oxygen atoms in total. The molecule has 14 heteroatoms. The van der Waals surface area contributed by atoms with E-state index in [0.29, 0.717) is 10.4 Å². The number of fused-ring (bicyclic) bond motifs is 1. The number of sulfone groups is 1. The number of H-pyrrole nitrogens is 1. The van der Waals surface area contributed by atoms with Gasteiger partial charge in [0.1, 0.15) is 16.8 Å². The van der Waals surface area contributed by atoms with Gasteiger partial charge in [0.2, 0.25) is 17.7 Å². The lowest BCUT2D eigenvalue weighted by atomic mass is 10.1. The number of pyridine rings is 1. The van der Waals surface area contributed by atoms with E-state index in [1.165, 1.54) is 11.3 Å². The van der Waals surface area contributed by atoms with Gasteiger partial charge in [-0.2, -0.15) is 5.26 Å². The molecule has 0 saturated carbocycles. The highest BCUT2D eigenvalue weighted by Gasteiger charge is 2.34. The molecule has 0 fully saturated rings. The first-order valence-corrected chi connectivity index (χ1v) is 13.5. The Morgan fingerprint density at radius 2 is 2.00 bits per heavy atom. The minimum Gasteiger partial charge on any atom is -0.494 e. The van der Waals surface area contributed by atoms with Crippen LogP contribution in [-0.4, -0.2) is 44.9 Å². The van der Waals surface area contributed by atoms with Crippen molar-refractivity contribution in [2.24, 2.45) is 0 Å². The molecule has 1 aromatic carbocycles. The van der Waals surface area contributed by atoms with Gasteiger partial charge in [0, 0.05) is 12.5 Å². The molecule has 0 radical (unpaired) electrons. The van der Waals surface area contributed by atoms with Crippen molar-refractivity contribution in [2.45, 2.75) is 11.7 Å². The number of aromatic amines is 1. The van der Waals surface area contributed by atoms with E-state index in [2.05, 4.69) is 25.1 Å². The van der Waals surface area contributed by atoms with Gasteiger partial charge in [0.15, 0.2) is 15.1 Å². The summed E-state index contributed by atoms with van der Waals surface area (Å²) in [6.07, 6.45) is 2.58. The summed E-state index contributed by atoms with van der Waals surface area (Å²) in [4.78, 5) is 22.0. The molecule has 0 aliphatic carbocycles. The molecule has 1 unspecified atom stereocenters. The third-order valence-corrected chi connectivity index (χ3v) is 8.37. The number of aromatic hydroxyl groups is 1. The highest BCUT2D eigenvalue weighted by Crippen LogP contribution is 2.36. The molecule has 4 aromatic heterocycles. The SMILES string of the molecule is CS(=O)(=O)C(c1nnc(Cc2sc(=O)[nH]c2O)o1)c1nc2ccc(-c3ccnc(C#N)c3)cc2s1. The van der Waals surface area contributed by atoms with Crippen molar-refractivity contribution in [3.05, 3.63) is 73.6 Å². The maximum absolute atomic E-state index is 12.7. The molecule has 1 atom stereocenters. The summed E-state index contributed by atoms with van der Waals surface area (Å²) < 4.78 is 31.8. The van der Waals surface area contributed by atoms with Gasteiger partial charge in [-0.15, -0.1) is 21.5 Å². The van der Waals surface area contributed by atoms with Crippen molar-refractivity contribution in [1.29, 1.82) is 5.26 Å². The van der Waals surface area contributed by atoms with Crippen LogP contribution in [0.4, 0.5) is 0 Å². The minimum atomic E-state index is -3.75. The van der Waals surface area contributed by atoms with Crippen LogP contribution in [0.3, 0.4) is 0 Å². The number of nitrogens with one attached hydrogen (secondary N) is 1. The molecule has 176 valence electrons. The zero-order valence-electron chi connectivity index (χ0n) is 17.8. The van der Waals surface area contributed by atoms with E-state index in [1.54, 1.807) is 24.4 Å². The summed E-state index contributed by atoms with van der Waals surface area (Å²) >= 11 is 1.98. The third-order valence-electron chi connectivity index (χ3n) is 4.98. The van der Waals surface area contributed by atoms with Crippen LogP contribution < -0.4 is 4.87 Å². The fourth-order valence-electron chi connectivity index (χ4n) is 3.43. The predicted molar refractivity (Wildman–Crippen MR) is 128 cm³/mol. The van der Waals surface area contributed by atoms with Crippen LogP contribution in [0.5, 0.6) is 5.88 Å². The number of rotatable bonds is 6. The van der Waals surface area contributed by atoms with E-state index in [1.807, 2.05) is 18.2 Å². The largest absolute Gasteiger partial charge is 0.494 e. The molecule has 4 heterocycles. The summed E-state index contributed by atoms with van der Waals surface area (Å²) in [6.45, 7) is 0. The van der Waals surface area contributed by atoms with Gasteiger partial charge in [-0.25, -0.2) is 18.4 Å². The zero-order chi connectivity index (χ0) is 24.7. The minimum absolute atomic E-state index is 0.0292. The van der Waals surface area contributed by atoms with Crippen molar-refractivity contribution in [1.82, 2.24) is 25.1 Å². The second kappa shape index (κ2) is 8.69.